The van der Waals surface area contributed by atoms with Crippen molar-refractivity contribution in [3.63, 3.8) is 0 Å². The molecule has 31 heavy (non-hydrogen) atoms. The SMILES string of the molecule is N#Cc1cc(-c2ccc(N3CCC[C@@H](NC(=O)Nc4ccc(Cl)cc4)C3=O)cc2)cs1. The lowest BCUT2D eigenvalue weighted by atomic mass is 10.0. The molecule has 8 heteroatoms. The Labute approximate surface area is 189 Å². The van der Waals surface area contributed by atoms with Gasteiger partial charge in [0.25, 0.3) is 0 Å². The first-order valence-electron chi connectivity index (χ1n) is 9.77. The summed E-state index contributed by atoms with van der Waals surface area (Å²) in [6, 6.07) is 17.4. The summed E-state index contributed by atoms with van der Waals surface area (Å²) in [4.78, 5) is 27.7. The highest BCUT2D eigenvalue weighted by Crippen LogP contribution is 2.28. The van der Waals surface area contributed by atoms with Crippen molar-refractivity contribution in [2.75, 3.05) is 16.8 Å². The maximum Gasteiger partial charge on any atom is 0.319 e. The summed E-state index contributed by atoms with van der Waals surface area (Å²) >= 11 is 7.26. The first-order chi connectivity index (χ1) is 15.0. The van der Waals surface area contributed by atoms with Crippen LogP contribution in [0.2, 0.25) is 5.02 Å². The molecular formula is C23H19ClN4O2S. The molecule has 1 fully saturated rings. The van der Waals surface area contributed by atoms with Crippen LogP contribution < -0.4 is 15.5 Å². The average molecular weight is 451 g/mol. The number of hydrogen-bond donors (Lipinski definition) is 2. The molecule has 0 saturated carbocycles. The number of amides is 3. The van der Waals surface area contributed by atoms with Crippen LogP contribution in [0.25, 0.3) is 11.1 Å². The van der Waals surface area contributed by atoms with Crippen LogP contribution in [0, 0.1) is 11.3 Å². The van der Waals surface area contributed by atoms with Gasteiger partial charge < -0.3 is 15.5 Å². The van der Waals surface area contributed by atoms with E-state index in [1.165, 1.54) is 11.3 Å². The molecule has 3 aromatic rings. The van der Waals surface area contributed by atoms with Gasteiger partial charge in [-0.15, -0.1) is 11.3 Å². The third-order valence-electron chi connectivity index (χ3n) is 5.07. The lowest BCUT2D eigenvalue weighted by molar-refractivity contribution is -0.121. The Hall–Kier alpha value is -3.34. The smallest absolute Gasteiger partial charge is 0.319 e. The predicted octanol–water partition coefficient (Wildman–Crippen LogP) is 5.26. The summed E-state index contributed by atoms with van der Waals surface area (Å²) in [5, 5.41) is 17.0. The summed E-state index contributed by atoms with van der Waals surface area (Å²) in [5.74, 6) is -0.132. The summed E-state index contributed by atoms with van der Waals surface area (Å²) in [6.07, 6.45) is 1.38. The van der Waals surface area contributed by atoms with Gasteiger partial charge in [0.2, 0.25) is 5.91 Å². The van der Waals surface area contributed by atoms with Crippen molar-refractivity contribution in [3.8, 4) is 17.2 Å². The van der Waals surface area contributed by atoms with E-state index in [1.807, 2.05) is 35.7 Å². The van der Waals surface area contributed by atoms with Gasteiger partial charge in [0.05, 0.1) is 0 Å². The zero-order valence-electron chi connectivity index (χ0n) is 16.5. The van der Waals surface area contributed by atoms with Gasteiger partial charge in [0.1, 0.15) is 17.0 Å². The second-order valence-electron chi connectivity index (χ2n) is 7.15. The maximum atomic E-state index is 13.0. The molecular weight excluding hydrogens is 432 g/mol. The van der Waals surface area contributed by atoms with E-state index >= 15 is 0 Å². The highest BCUT2D eigenvalue weighted by Gasteiger charge is 2.30. The largest absolute Gasteiger partial charge is 0.326 e. The van der Waals surface area contributed by atoms with E-state index in [1.54, 1.807) is 29.2 Å². The van der Waals surface area contributed by atoms with E-state index in [0.717, 1.165) is 23.2 Å². The number of anilines is 2. The second kappa shape index (κ2) is 9.21. The molecule has 3 amide bonds. The molecule has 6 nitrogen and oxygen atoms in total. The molecule has 0 spiro atoms. The van der Waals surface area contributed by atoms with Crippen LogP contribution in [0.5, 0.6) is 0 Å². The third kappa shape index (κ3) is 4.88. The Balaban J connectivity index is 1.41. The van der Waals surface area contributed by atoms with Gasteiger partial charge in [-0.3, -0.25) is 4.79 Å². The van der Waals surface area contributed by atoms with Crippen molar-refractivity contribution in [1.29, 1.82) is 5.26 Å². The van der Waals surface area contributed by atoms with Gasteiger partial charge >= 0.3 is 6.03 Å². The lowest BCUT2D eigenvalue weighted by Crippen LogP contribution is -2.53. The molecule has 2 heterocycles. The quantitative estimate of drug-likeness (QED) is 0.568. The number of halogens is 1. The van der Waals surface area contributed by atoms with Crippen LogP contribution in [0.15, 0.2) is 60.0 Å². The topological polar surface area (TPSA) is 85.2 Å². The molecule has 1 aliphatic heterocycles. The predicted molar refractivity (Wildman–Crippen MR) is 123 cm³/mol. The Morgan fingerprint density at radius 2 is 1.87 bits per heavy atom. The summed E-state index contributed by atoms with van der Waals surface area (Å²) < 4.78 is 0. The van der Waals surface area contributed by atoms with Gasteiger partial charge in [-0.2, -0.15) is 5.26 Å². The molecule has 0 unspecified atom stereocenters. The van der Waals surface area contributed by atoms with Crippen molar-refractivity contribution >= 4 is 46.3 Å². The van der Waals surface area contributed by atoms with Crippen molar-refractivity contribution in [2.45, 2.75) is 18.9 Å². The standard InChI is InChI=1S/C23H19ClN4O2S/c24-17-5-7-18(8-6-17)26-23(30)27-21-2-1-11-28(22(21)29)19-9-3-15(4-10-19)16-12-20(13-25)31-14-16/h3-10,12,14,21H,1-2,11H2,(H2,26,27,30)/t21-/m1/s1. The molecule has 0 aliphatic carbocycles. The lowest BCUT2D eigenvalue weighted by Gasteiger charge is -2.32. The summed E-state index contributed by atoms with van der Waals surface area (Å²) in [7, 11) is 0. The zero-order valence-corrected chi connectivity index (χ0v) is 18.0. The molecule has 0 bridgehead atoms. The Morgan fingerprint density at radius 3 is 2.55 bits per heavy atom. The third-order valence-corrected chi connectivity index (χ3v) is 6.15. The van der Waals surface area contributed by atoms with Crippen molar-refractivity contribution in [1.82, 2.24) is 5.32 Å². The van der Waals surface area contributed by atoms with Crippen molar-refractivity contribution in [3.05, 3.63) is 69.9 Å². The monoisotopic (exact) mass is 450 g/mol. The normalized spacial score (nSPS) is 15.9. The van der Waals surface area contributed by atoms with Crippen LogP contribution in [-0.2, 0) is 4.79 Å². The van der Waals surface area contributed by atoms with Crippen LogP contribution in [0.4, 0.5) is 16.2 Å². The maximum absolute atomic E-state index is 13.0. The minimum atomic E-state index is -0.587. The van der Waals surface area contributed by atoms with E-state index < -0.39 is 12.1 Å². The molecule has 156 valence electrons. The number of nitrogens with zero attached hydrogens (tertiary/aromatic N) is 2. The summed E-state index contributed by atoms with van der Waals surface area (Å²) in [5.41, 5.74) is 3.36. The Bertz CT molecular complexity index is 1140. The minimum Gasteiger partial charge on any atom is -0.326 e. The van der Waals surface area contributed by atoms with Gasteiger partial charge in [-0.25, -0.2) is 4.79 Å². The van der Waals surface area contributed by atoms with Crippen LogP contribution in [-0.4, -0.2) is 24.5 Å². The molecule has 4 rings (SSSR count). The number of carbonyl (C=O) groups is 2. The van der Waals surface area contributed by atoms with Crippen LogP contribution in [0.1, 0.15) is 17.7 Å². The highest BCUT2D eigenvalue weighted by molar-refractivity contribution is 7.10. The van der Waals surface area contributed by atoms with Gasteiger partial charge in [0, 0.05) is 22.9 Å². The zero-order chi connectivity index (χ0) is 21.8. The van der Waals surface area contributed by atoms with E-state index in [4.69, 9.17) is 16.9 Å². The van der Waals surface area contributed by atoms with E-state index in [9.17, 15) is 9.59 Å². The molecule has 0 radical (unpaired) electrons. The number of piperidine rings is 1. The number of thiophene rings is 1. The molecule has 2 N–H and O–H groups in total. The molecule has 1 saturated heterocycles. The van der Waals surface area contributed by atoms with Gasteiger partial charge in [-0.05, 0) is 71.8 Å². The molecule has 2 aromatic carbocycles. The fraction of sp³-hybridized carbons (Fsp3) is 0.174. The Morgan fingerprint density at radius 1 is 1.13 bits per heavy atom. The van der Waals surface area contributed by atoms with Crippen LogP contribution in [0.3, 0.4) is 0 Å². The average Bonchev–Trinajstić information content (AvgIpc) is 3.26. The highest BCUT2D eigenvalue weighted by atomic mass is 35.5. The molecule has 1 aromatic heterocycles. The van der Waals surface area contributed by atoms with Crippen molar-refractivity contribution in [2.24, 2.45) is 0 Å². The van der Waals surface area contributed by atoms with E-state index in [0.29, 0.717) is 28.6 Å². The number of benzene rings is 2. The number of urea groups is 1. The number of hydrogen-bond acceptors (Lipinski definition) is 4. The molecule has 1 aliphatic rings. The number of carbonyl (C=O) groups excluding carboxylic acids is 2. The Kier molecular flexibility index (Phi) is 6.21. The number of nitriles is 1. The second-order valence-corrected chi connectivity index (χ2v) is 8.50. The number of rotatable bonds is 4. The fourth-order valence-electron chi connectivity index (χ4n) is 3.50. The van der Waals surface area contributed by atoms with Crippen LogP contribution >= 0.6 is 22.9 Å². The van der Waals surface area contributed by atoms with Gasteiger partial charge in [0.15, 0.2) is 0 Å². The minimum absolute atomic E-state index is 0.132. The van der Waals surface area contributed by atoms with Gasteiger partial charge in [-0.1, -0.05) is 23.7 Å². The first kappa shape index (κ1) is 20.9. The van der Waals surface area contributed by atoms with Crippen molar-refractivity contribution < 1.29 is 9.59 Å². The summed E-state index contributed by atoms with van der Waals surface area (Å²) in [6.45, 7) is 0.603. The fourth-order valence-corrected chi connectivity index (χ4v) is 4.34. The number of nitrogens with one attached hydrogen (secondary N) is 2. The van der Waals surface area contributed by atoms with E-state index in [2.05, 4.69) is 16.7 Å². The molecule has 1 atom stereocenters. The first-order valence-corrected chi connectivity index (χ1v) is 11.0. The van der Waals surface area contributed by atoms with E-state index in [-0.39, 0.29) is 5.91 Å².